The predicted octanol–water partition coefficient (Wildman–Crippen LogP) is 0.657. The lowest BCUT2D eigenvalue weighted by Crippen LogP contribution is -2.37. The highest BCUT2D eigenvalue weighted by Gasteiger charge is 2.08. The van der Waals surface area contributed by atoms with Gasteiger partial charge < -0.3 is 15.5 Å². The Hall–Kier alpha value is -0.770. The van der Waals surface area contributed by atoms with Crippen LogP contribution in [0.4, 0.5) is 0 Å². The minimum atomic E-state index is 0.883. The minimum absolute atomic E-state index is 0.883. The van der Waals surface area contributed by atoms with Gasteiger partial charge in [-0.2, -0.15) is 0 Å². The van der Waals surface area contributed by atoms with Crippen LogP contribution in [0.5, 0.6) is 0 Å². The average Bonchev–Trinajstić information content (AvgIpc) is 2.31. The van der Waals surface area contributed by atoms with E-state index in [4.69, 9.17) is 0 Å². The third-order valence-electron chi connectivity index (χ3n) is 2.85. The van der Waals surface area contributed by atoms with E-state index in [1.54, 1.807) is 7.05 Å². The summed E-state index contributed by atoms with van der Waals surface area (Å²) in [6.07, 6.45) is 5.37. The Morgan fingerprint density at radius 1 is 1.27 bits per heavy atom. The molecular formula is C11H24N4. The molecule has 1 rings (SSSR count). The third kappa shape index (κ3) is 5.02. The van der Waals surface area contributed by atoms with Crippen LogP contribution < -0.4 is 10.6 Å². The molecule has 0 aromatic rings. The van der Waals surface area contributed by atoms with Gasteiger partial charge in [0, 0.05) is 20.6 Å². The van der Waals surface area contributed by atoms with Crippen molar-refractivity contribution in [3.8, 4) is 0 Å². The lowest BCUT2D eigenvalue weighted by atomic mass is 10.1. The zero-order valence-electron chi connectivity index (χ0n) is 10.1. The van der Waals surface area contributed by atoms with Crippen LogP contribution >= 0.6 is 0 Å². The number of aliphatic imine (C=N–C) groups is 1. The molecule has 2 N–H and O–H groups in total. The molecule has 15 heavy (non-hydrogen) atoms. The van der Waals surface area contributed by atoms with E-state index in [1.807, 2.05) is 7.05 Å². The van der Waals surface area contributed by atoms with Gasteiger partial charge in [0.25, 0.3) is 0 Å². The first-order chi connectivity index (χ1) is 7.36. The summed E-state index contributed by atoms with van der Waals surface area (Å²) in [4.78, 5) is 6.63. The van der Waals surface area contributed by atoms with Crippen molar-refractivity contribution >= 4 is 5.96 Å². The Labute approximate surface area is 93.1 Å². The van der Waals surface area contributed by atoms with Crippen molar-refractivity contribution in [1.29, 1.82) is 0 Å². The fourth-order valence-electron chi connectivity index (χ4n) is 1.97. The maximum absolute atomic E-state index is 4.07. The second kappa shape index (κ2) is 7.51. The molecule has 0 amide bonds. The van der Waals surface area contributed by atoms with E-state index in [9.17, 15) is 0 Å². The SMILES string of the molecule is CN=C(NC)NCCCN1CCCCC1. The van der Waals surface area contributed by atoms with Crippen LogP contribution in [0.1, 0.15) is 25.7 Å². The summed E-state index contributed by atoms with van der Waals surface area (Å²) in [6, 6.07) is 0. The number of hydrogen-bond donors (Lipinski definition) is 2. The zero-order chi connectivity index (χ0) is 10.9. The van der Waals surface area contributed by atoms with E-state index in [1.165, 1.54) is 45.3 Å². The van der Waals surface area contributed by atoms with Gasteiger partial charge in [-0.05, 0) is 38.9 Å². The van der Waals surface area contributed by atoms with Gasteiger partial charge in [-0.3, -0.25) is 4.99 Å². The monoisotopic (exact) mass is 212 g/mol. The van der Waals surface area contributed by atoms with Crippen LogP contribution in [0.15, 0.2) is 4.99 Å². The largest absolute Gasteiger partial charge is 0.359 e. The number of likely N-dealkylation sites (tertiary alicyclic amines) is 1. The van der Waals surface area contributed by atoms with Gasteiger partial charge >= 0.3 is 0 Å². The molecule has 0 aromatic heterocycles. The Kier molecular flexibility index (Phi) is 6.16. The molecule has 0 spiro atoms. The van der Waals surface area contributed by atoms with Crippen molar-refractivity contribution in [2.75, 3.05) is 40.3 Å². The molecule has 0 saturated carbocycles. The van der Waals surface area contributed by atoms with Crippen LogP contribution in [0.3, 0.4) is 0 Å². The summed E-state index contributed by atoms with van der Waals surface area (Å²) in [6.45, 7) is 4.80. The quantitative estimate of drug-likeness (QED) is 0.408. The van der Waals surface area contributed by atoms with Crippen molar-refractivity contribution in [1.82, 2.24) is 15.5 Å². The molecular weight excluding hydrogens is 188 g/mol. The molecule has 0 aliphatic carbocycles. The van der Waals surface area contributed by atoms with Crippen molar-refractivity contribution in [3.63, 3.8) is 0 Å². The Balaban J connectivity index is 2.00. The predicted molar refractivity (Wildman–Crippen MR) is 65.3 cm³/mol. The lowest BCUT2D eigenvalue weighted by molar-refractivity contribution is 0.227. The van der Waals surface area contributed by atoms with Crippen LogP contribution in [-0.4, -0.2) is 51.1 Å². The molecule has 4 nitrogen and oxygen atoms in total. The van der Waals surface area contributed by atoms with Gasteiger partial charge in [-0.15, -0.1) is 0 Å². The summed E-state index contributed by atoms with van der Waals surface area (Å²) in [5.74, 6) is 0.883. The summed E-state index contributed by atoms with van der Waals surface area (Å²) >= 11 is 0. The molecule has 1 heterocycles. The molecule has 1 aliphatic heterocycles. The molecule has 0 radical (unpaired) electrons. The Morgan fingerprint density at radius 3 is 2.60 bits per heavy atom. The smallest absolute Gasteiger partial charge is 0.190 e. The van der Waals surface area contributed by atoms with Crippen molar-refractivity contribution < 1.29 is 0 Å². The lowest BCUT2D eigenvalue weighted by Gasteiger charge is -2.26. The van der Waals surface area contributed by atoms with E-state index < -0.39 is 0 Å². The highest BCUT2D eigenvalue weighted by molar-refractivity contribution is 5.79. The fourth-order valence-corrected chi connectivity index (χ4v) is 1.97. The van der Waals surface area contributed by atoms with E-state index in [0.717, 1.165) is 12.5 Å². The number of nitrogens with one attached hydrogen (secondary N) is 2. The fraction of sp³-hybridized carbons (Fsp3) is 0.909. The van der Waals surface area contributed by atoms with Crippen LogP contribution in [-0.2, 0) is 0 Å². The highest BCUT2D eigenvalue weighted by Crippen LogP contribution is 2.08. The number of piperidine rings is 1. The van der Waals surface area contributed by atoms with Gasteiger partial charge in [0.15, 0.2) is 5.96 Å². The Bertz CT molecular complexity index is 185. The van der Waals surface area contributed by atoms with Crippen molar-refractivity contribution in [2.24, 2.45) is 4.99 Å². The first kappa shape index (κ1) is 12.3. The minimum Gasteiger partial charge on any atom is -0.359 e. The zero-order valence-corrected chi connectivity index (χ0v) is 10.1. The topological polar surface area (TPSA) is 39.7 Å². The average molecular weight is 212 g/mol. The molecule has 1 fully saturated rings. The Morgan fingerprint density at radius 2 is 2.00 bits per heavy atom. The summed E-state index contributed by atoms with van der Waals surface area (Å²) in [5.41, 5.74) is 0. The molecule has 1 aliphatic rings. The maximum Gasteiger partial charge on any atom is 0.190 e. The van der Waals surface area contributed by atoms with Crippen molar-refractivity contribution in [3.05, 3.63) is 0 Å². The highest BCUT2D eigenvalue weighted by atomic mass is 15.2. The van der Waals surface area contributed by atoms with Crippen molar-refractivity contribution in [2.45, 2.75) is 25.7 Å². The molecule has 0 aromatic carbocycles. The second-order valence-corrected chi connectivity index (χ2v) is 4.00. The maximum atomic E-state index is 4.07. The first-order valence-corrected chi connectivity index (χ1v) is 5.97. The van der Waals surface area contributed by atoms with Gasteiger partial charge in [-0.25, -0.2) is 0 Å². The third-order valence-corrected chi connectivity index (χ3v) is 2.85. The van der Waals surface area contributed by atoms with Gasteiger partial charge in [0.1, 0.15) is 0 Å². The number of hydrogen-bond acceptors (Lipinski definition) is 2. The number of guanidine groups is 1. The summed E-state index contributed by atoms with van der Waals surface area (Å²) in [7, 11) is 3.68. The van der Waals surface area contributed by atoms with Gasteiger partial charge in [-0.1, -0.05) is 6.42 Å². The number of rotatable bonds is 4. The molecule has 0 bridgehead atoms. The summed E-state index contributed by atoms with van der Waals surface area (Å²) in [5, 5.41) is 6.29. The molecule has 4 heteroatoms. The van der Waals surface area contributed by atoms with Gasteiger partial charge in [0.05, 0.1) is 0 Å². The molecule has 1 saturated heterocycles. The normalized spacial score (nSPS) is 18.9. The molecule has 0 unspecified atom stereocenters. The van der Waals surface area contributed by atoms with Crippen LogP contribution in [0.25, 0.3) is 0 Å². The van der Waals surface area contributed by atoms with Crippen LogP contribution in [0.2, 0.25) is 0 Å². The van der Waals surface area contributed by atoms with E-state index in [-0.39, 0.29) is 0 Å². The summed E-state index contributed by atoms with van der Waals surface area (Å²) < 4.78 is 0. The first-order valence-electron chi connectivity index (χ1n) is 5.97. The van der Waals surface area contributed by atoms with E-state index in [2.05, 4.69) is 20.5 Å². The van der Waals surface area contributed by atoms with E-state index in [0.29, 0.717) is 0 Å². The molecule has 0 atom stereocenters. The van der Waals surface area contributed by atoms with Gasteiger partial charge in [0.2, 0.25) is 0 Å². The molecule has 88 valence electrons. The second-order valence-electron chi connectivity index (χ2n) is 4.00. The van der Waals surface area contributed by atoms with Crippen LogP contribution in [0, 0.1) is 0 Å². The number of nitrogens with zero attached hydrogens (tertiary/aromatic N) is 2. The van der Waals surface area contributed by atoms with E-state index >= 15 is 0 Å². The standard InChI is InChI=1S/C11H24N4/c1-12-11(13-2)14-7-6-10-15-8-4-3-5-9-15/h3-10H2,1-2H3,(H2,12,13,14).